The molecule has 1 N–H and O–H groups in total. The molecule has 0 unspecified atom stereocenters. The van der Waals surface area contributed by atoms with Crippen molar-refractivity contribution in [3.8, 4) is 5.69 Å². The van der Waals surface area contributed by atoms with E-state index in [1.54, 1.807) is 12.1 Å². The number of benzene rings is 2. The van der Waals surface area contributed by atoms with Gasteiger partial charge in [0, 0.05) is 12.4 Å². The lowest BCUT2D eigenvalue weighted by atomic mass is 10.3. The first-order valence-corrected chi connectivity index (χ1v) is 8.54. The lowest BCUT2D eigenvalue weighted by Crippen LogP contribution is -2.22. The van der Waals surface area contributed by atoms with Crippen LogP contribution >= 0.6 is 11.8 Å². The van der Waals surface area contributed by atoms with Crippen LogP contribution in [0.2, 0.25) is 0 Å². The molecule has 0 saturated carbocycles. The summed E-state index contributed by atoms with van der Waals surface area (Å²) in [5, 5.41) is 2.52. The molecule has 0 aliphatic heterocycles. The van der Waals surface area contributed by atoms with Gasteiger partial charge in [-0.3, -0.25) is 14.2 Å². The molecule has 0 atom stereocenters. The Morgan fingerprint density at radius 2 is 1.96 bits per heavy atom. The first-order valence-electron chi connectivity index (χ1n) is 7.55. The molecule has 132 valence electrons. The van der Waals surface area contributed by atoms with E-state index in [0.717, 1.165) is 11.8 Å². The number of aromatic nitrogens is 2. The molecule has 3 rings (SSSR count). The molecular weight excluding hydrogens is 360 g/mol. The second kappa shape index (κ2) is 7.92. The summed E-state index contributed by atoms with van der Waals surface area (Å²) >= 11 is 0.921. The van der Waals surface area contributed by atoms with E-state index < -0.39 is 23.1 Å². The van der Waals surface area contributed by atoms with Crippen molar-refractivity contribution in [1.29, 1.82) is 0 Å². The third-order valence-corrected chi connectivity index (χ3v) is 4.34. The number of amides is 1. The number of carbonyl (C=O) groups excluding carboxylic acids is 1. The molecule has 26 heavy (non-hydrogen) atoms. The number of carbonyl (C=O) groups is 1. The molecule has 0 saturated heterocycles. The Kier molecular flexibility index (Phi) is 5.43. The fraction of sp³-hybridized carbons (Fsp3) is 0.0556. The van der Waals surface area contributed by atoms with Gasteiger partial charge in [0.15, 0.2) is 5.03 Å². The maximum absolute atomic E-state index is 13.5. The third-order valence-electron chi connectivity index (χ3n) is 3.38. The van der Waals surface area contributed by atoms with Crippen molar-refractivity contribution in [3.63, 3.8) is 0 Å². The average molecular weight is 373 g/mol. The highest BCUT2D eigenvalue weighted by Crippen LogP contribution is 2.16. The normalized spacial score (nSPS) is 10.5. The highest BCUT2D eigenvalue weighted by atomic mass is 32.2. The van der Waals surface area contributed by atoms with Gasteiger partial charge in [-0.25, -0.2) is 13.8 Å². The zero-order chi connectivity index (χ0) is 18.5. The minimum atomic E-state index is -0.544. The topological polar surface area (TPSA) is 64.0 Å². The second-order valence-corrected chi connectivity index (χ2v) is 6.17. The molecule has 8 heteroatoms. The number of nitrogens with one attached hydrogen (secondary N) is 1. The summed E-state index contributed by atoms with van der Waals surface area (Å²) in [6, 6.07) is 11.4. The van der Waals surface area contributed by atoms with Crippen LogP contribution < -0.4 is 10.9 Å². The highest BCUT2D eigenvalue weighted by Gasteiger charge is 2.11. The van der Waals surface area contributed by atoms with Crippen LogP contribution in [0.1, 0.15) is 0 Å². The van der Waals surface area contributed by atoms with Crippen LogP contribution in [0.4, 0.5) is 14.5 Å². The Balaban J connectivity index is 1.73. The van der Waals surface area contributed by atoms with Gasteiger partial charge in [0.2, 0.25) is 5.91 Å². The molecule has 1 amide bonds. The van der Waals surface area contributed by atoms with Crippen molar-refractivity contribution in [1.82, 2.24) is 9.55 Å². The lowest BCUT2D eigenvalue weighted by Gasteiger charge is -2.08. The van der Waals surface area contributed by atoms with Crippen molar-refractivity contribution >= 4 is 23.4 Å². The first kappa shape index (κ1) is 17.8. The Labute approximate surface area is 151 Å². The minimum Gasteiger partial charge on any atom is -0.323 e. The smallest absolute Gasteiger partial charge is 0.287 e. The quantitative estimate of drug-likeness (QED) is 0.698. The minimum absolute atomic E-state index is 0.0660. The standard InChI is InChI=1S/C18H13F2N3O2S/c19-12-4-3-5-13(10-12)23-9-8-21-17(18(23)25)26-11-16(24)22-15-7-2-1-6-14(15)20/h1-10H,11H2,(H,22,24). The maximum Gasteiger partial charge on any atom is 0.287 e. The van der Waals surface area contributed by atoms with Crippen LogP contribution in [0.3, 0.4) is 0 Å². The number of halogens is 2. The molecule has 5 nitrogen and oxygen atoms in total. The van der Waals surface area contributed by atoms with E-state index in [1.165, 1.54) is 53.4 Å². The maximum atomic E-state index is 13.5. The molecule has 1 aromatic heterocycles. The van der Waals surface area contributed by atoms with Gasteiger partial charge in [0.05, 0.1) is 17.1 Å². The fourth-order valence-corrected chi connectivity index (χ4v) is 2.90. The summed E-state index contributed by atoms with van der Waals surface area (Å²) < 4.78 is 28.1. The van der Waals surface area contributed by atoms with E-state index in [4.69, 9.17) is 0 Å². The van der Waals surface area contributed by atoms with E-state index in [9.17, 15) is 18.4 Å². The number of hydrogen-bond donors (Lipinski definition) is 1. The van der Waals surface area contributed by atoms with E-state index in [1.807, 2.05) is 0 Å². The monoisotopic (exact) mass is 373 g/mol. The fourth-order valence-electron chi connectivity index (χ4n) is 2.20. The summed E-state index contributed by atoms with van der Waals surface area (Å²) in [5.74, 6) is -1.60. The molecule has 0 aliphatic carbocycles. The Bertz CT molecular complexity index is 1010. The average Bonchev–Trinajstić information content (AvgIpc) is 2.63. The van der Waals surface area contributed by atoms with Crippen LogP contribution in [0.15, 0.2) is 70.7 Å². The summed E-state index contributed by atoms with van der Waals surface area (Å²) in [4.78, 5) is 28.4. The number of anilines is 1. The molecule has 0 spiro atoms. The van der Waals surface area contributed by atoms with Gasteiger partial charge >= 0.3 is 0 Å². The van der Waals surface area contributed by atoms with Gasteiger partial charge in [0.25, 0.3) is 5.56 Å². The van der Waals surface area contributed by atoms with Gasteiger partial charge in [0.1, 0.15) is 11.6 Å². The summed E-state index contributed by atoms with van der Waals surface area (Å²) in [5.41, 5.74) is -0.0480. The van der Waals surface area contributed by atoms with Gasteiger partial charge in [-0.2, -0.15) is 0 Å². The van der Waals surface area contributed by atoms with E-state index >= 15 is 0 Å². The van der Waals surface area contributed by atoms with Crippen molar-refractivity contribution in [2.24, 2.45) is 0 Å². The molecule has 2 aromatic carbocycles. The van der Waals surface area contributed by atoms with Crippen LogP contribution in [-0.4, -0.2) is 21.2 Å². The third kappa shape index (κ3) is 4.15. The lowest BCUT2D eigenvalue weighted by molar-refractivity contribution is -0.113. The van der Waals surface area contributed by atoms with Gasteiger partial charge in [-0.1, -0.05) is 30.0 Å². The number of thioether (sulfide) groups is 1. The zero-order valence-corrected chi connectivity index (χ0v) is 14.2. The summed E-state index contributed by atoms with van der Waals surface area (Å²) in [6.07, 6.45) is 2.81. The van der Waals surface area contributed by atoms with E-state index in [0.29, 0.717) is 5.69 Å². The largest absolute Gasteiger partial charge is 0.323 e. The molecule has 0 bridgehead atoms. The summed E-state index contributed by atoms with van der Waals surface area (Å²) in [6.45, 7) is 0. The van der Waals surface area contributed by atoms with E-state index in [2.05, 4.69) is 10.3 Å². The van der Waals surface area contributed by atoms with Crippen LogP contribution in [0, 0.1) is 11.6 Å². The van der Waals surface area contributed by atoms with Crippen molar-refractivity contribution in [2.75, 3.05) is 11.1 Å². The predicted molar refractivity (Wildman–Crippen MR) is 95.5 cm³/mol. The van der Waals surface area contributed by atoms with E-state index in [-0.39, 0.29) is 16.5 Å². The number of hydrogen-bond acceptors (Lipinski definition) is 4. The predicted octanol–water partition coefficient (Wildman–Crippen LogP) is 3.24. The zero-order valence-electron chi connectivity index (χ0n) is 13.4. The molecule has 0 aliphatic rings. The second-order valence-electron chi connectivity index (χ2n) is 5.20. The Hall–Kier alpha value is -3.00. The number of nitrogens with zero attached hydrogens (tertiary/aromatic N) is 2. The Morgan fingerprint density at radius 1 is 1.15 bits per heavy atom. The SMILES string of the molecule is O=C(CSc1nccn(-c2cccc(F)c2)c1=O)Nc1ccccc1F. The van der Waals surface area contributed by atoms with Gasteiger partial charge < -0.3 is 5.32 Å². The summed E-state index contributed by atoms with van der Waals surface area (Å²) in [7, 11) is 0. The van der Waals surface area contributed by atoms with Crippen molar-refractivity contribution in [3.05, 3.63) is 82.9 Å². The van der Waals surface area contributed by atoms with Gasteiger partial charge in [-0.15, -0.1) is 0 Å². The van der Waals surface area contributed by atoms with Crippen LogP contribution in [0.5, 0.6) is 0 Å². The van der Waals surface area contributed by atoms with Crippen molar-refractivity contribution in [2.45, 2.75) is 5.03 Å². The number of para-hydroxylation sites is 1. The highest BCUT2D eigenvalue weighted by molar-refractivity contribution is 7.99. The van der Waals surface area contributed by atoms with Crippen LogP contribution in [-0.2, 0) is 4.79 Å². The Morgan fingerprint density at radius 3 is 2.73 bits per heavy atom. The van der Waals surface area contributed by atoms with Crippen LogP contribution in [0.25, 0.3) is 5.69 Å². The van der Waals surface area contributed by atoms with Gasteiger partial charge in [-0.05, 0) is 30.3 Å². The molecule has 3 aromatic rings. The molecule has 1 heterocycles. The van der Waals surface area contributed by atoms with Crippen molar-refractivity contribution < 1.29 is 13.6 Å². The first-order chi connectivity index (χ1) is 12.5. The molecule has 0 fully saturated rings. The number of rotatable bonds is 5. The molecule has 0 radical (unpaired) electrons. The molecular formula is C18H13F2N3O2S.